The van der Waals surface area contributed by atoms with Crippen molar-refractivity contribution in [3.8, 4) is 0 Å². The normalized spacial score (nSPS) is 10.0. The summed E-state index contributed by atoms with van der Waals surface area (Å²) in [7, 11) is 0. The van der Waals surface area contributed by atoms with Crippen LogP contribution in [0, 0.1) is 0 Å². The van der Waals surface area contributed by atoms with Crippen LogP contribution in [0.3, 0.4) is 0 Å². The Morgan fingerprint density at radius 1 is 1.00 bits per heavy atom. The van der Waals surface area contributed by atoms with E-state index in [9.17, 15) is 4.79 Å². The molecule has 0 aliphatic rings. The number of para-hydroxylation sites is 2. The topological polar surface area (TPSA) is 58.4 Å². The number of rotatable bonds is 3. The lowest BCUT2D eigenvalue weighted by atomic mass is 10.3. The maximum absolute atomic E-state index is 11.6. The Hall–Kier alpha value is -1.91. The van der Waals surface area contributed by atoms with E-state index in [2.05, 4.69) is 5.43 Å². The van der Waals surface area contributed by atoms with Crippen molar-refractivity contribution in [3.05, 3.63) is 58.6 Å². The number of amides is 2. The van der Waals surface area contributed by atoms with Gasteiger partial charge in [-0.25, -0.2) is 9.80 Å². The molecule has 0 aliphatic heterocycles. The number of halogens is 2. The maximum atomic E-state index is 11.6. The first-order chi connectivity index (χ1) is 9.09. The van der Waals surface area contributed by atoms with Gasteiger partial charge in [0.05, 0.1) is 21.4 Å². The van der Waals surface area contributed by atoms with Gasteiger partial charge in [0.15, 0.2) is 0 Å². The Balaban J connectivity index is 2.35. The Labute approximate surface area is 120 Å². The summed E-state index contributed by atoms with van der Waals surface area (Å²) in [6.45, 7) is 0. The van der Waals surface area contributed by atoms with E-state index in [0.29, 0.717) is 21.4 Å². The van der Waals surface area contributed by atoms with Gasteiger partial charge in [0.1, 0.15) is 0 Å². The van der Waals surface area contributed by atoms with Crippen molar-refractivity contribution in [1.82, 2.24) is 0 Å². The molecular formula is C13H11Cl2N3O. The molecule has 2 rings (SSSR count). The zero-order chi connectivity index (χ0) is 13.8. The van der Waals surface area contributed by atoms with Gasteiger partial charge in [0.2, 0.25) is 0 Å². The van der Waals surface area contributed by atoms with E-state index >= 15 is 0 Å². The molecule has 0 unspecified atom stereocenters. The summed E-state index contributed by atoms with van der Waals surface area (Å²) in [6, 6.07) is 13.2. The predicted molar refractivity (Wildman–Crippen MR) is 78.6 cm³/mol. The standard InChI is InChI=1S/C13H11Cl2N3O/c14-9-5-1-3-7-11(9)17-18(13(16)19)12-8-4-2-6-10(12)15/h1-8,17H,(H2,16,19). The summed E-state index contributed by atoms with van der Waals surface area (Å²) in [5.41, 5.74) is 9.22. The van der Waals surface area contributed by atoms with Crippen molar-refractivity contribution in [2.75, 3.05) is 10.4 Å². The molecule has 0 saturated heterocycles. The van der Waals surface area contributed by atoms with E-state index in [1.807, 2.05) is 0 Å². The number of nitrogens with one attached hydrogen (secondary N) is 1. The predicted octanol–water partition coefficient (Wildman–Crippen LogP) is 3.91. The lowest BCUT2D eigenvalue weighted by Crippen LogP contribution is -2.40. The molecule has 0 atom stereocenters. The summed E-state index contributed by atoms with van der Waals surface area (Å²) in [4.78, 5) is 11.6. The molecular weight excluding hydrogens is 285 g/mol. The zero-order valence-electron chi connectivity index (χ0n) is 9.81. The van der Waals surface area contributed by atoms with Gasteiger partial charge in [0.25, 0.3) is 0 Å². The van der Waals surface area contributed by atoms with Crippen molar-refractivity contribution >= 4 is 40.6 Å². The molecule has 0 fully saturated rings. The summed E-state index contributed by atoms with van der Waals surface area (Å²) in [5.74, 6) is 0. The van der Waals surface area contributed by atoms with Gasteiger partial charge in [-0.05, 0) is 24.3 Å². The average Bonchev–Trinajstić information content (AvgIpc) is 2.38. The molecule has 0 aromatic heterocycles. The SMILES string of the molecule is NC(=O)N(Nc1ccccc1Cl)c1ccccc1Cl. The van der Waals surface area contributed by atoms with Gasteiger partial charge in [0, 0.05) is 0 Å². The molecule has 0 spiro atoms. The van der Waals surface area contributed by atoms with Crippen LogP contribution in [0.15, 0.2) is 48.5 Å². The van der Waals surface area contributed by atoms with Crippen molar-refractivity contribution in [2.24, 2.45) is 5.73 Å². The summed E-state index contributed by atoms with van der Waals surface area (Å²) in [6.07, 6.45) is 0. The lowest BCUT2D eigenvalue weighted by Gasteiger charge is -2.23. The van der Waals surface area contributed by atoms with Gasteiger partial charge in [-0.2, -0.15) is 0 Å². The van der Waals surface area contributed by atoms with E-state index in [-0.39, 0.29) is 0 Å². The van der Waals surface area contributed by atoms with Crippen LogP contribution >= 0.6 is 23.2 Å². The first kappa shape index (κ1) is 13.5. The third-order valence-corrected chi connectivity index (χ3v) is 3.07. The van der Waals surface area contributed by atoms with E-state index in [0.717, 1.165) is 5.01 Å². The molecule has 98 valence electrons. The molecule has 0 aliphatic carbocycles. The first-order valence-corrected chi connectivity index (χ1v) is 6.20. The number of hydrazine groups is 1. The van der Waals surface area contributed by atoms with Crippen molar-refractivity contribution in [1.29, 1.82) is 0 Å². The van der Waals surface area contributed by atoms with Gasteiger partial charge >= 0.3 is 6.03 Å². The molecule has 4 nitrogen and oxygen atoms in total. The number of hydrogen-bond acceptors (Lipinski definition) is 2. The highest BCUT2D eigenvalue weighted by molar-refractivity contribution is 6.34. The van der Waals surface area contributed by atoms with Crippen LogP contribution in [0.1, 0.15) is 0 Å². The van der Waals surface area contributed by atoms with E-state index in [1.165, 1.54) is 0 Å². The Morgan fingerprint density at radius 3 is 2.16 bits per heavy atom. The van der Waals surface area contributed by atoms with Crippen molar-refractivity contribution in [2.45, 2.75) is 0 Å². The second kappa shape index (κ2) is 5.82. The van der Waals surface area contributed by atoms with Gasteiger partial charge in [-0.15, -0.1) is 0 Å². The Bertz CT molecular complexity index is 604. The molecule has 2 aromatic carbocycles. The molecule has 19 heavy (non-hydrogen) atoms. The molecule has 0 radical (unpaired) electrons. The average molecular weight is 296 g/mol. The Morgan fingerprint density at radius 2 is 1.58 bits per heavy atom. The third-order valence-electron chi connectivity index (χ3n) is 2.42. The molecule has 3 N–H and O–H groups in total. The quantitative estimate of drug-likeness (QED) is 0.844. The van der Waals surface area contributed by atoms with E-state index < -0.39 is 6.03 Å². The molecule has 2 aromatic rings. The zero-order valence-corrected chi connectivity index (χ0v) is 11.3. The fourth-order valence-corrected chi connectivity index (χ4v) is 1.94. The smallest absolute Gasteiger partial charge is 0.338 e. The van der Waals surface area contributed by atoms with Gasteiger partial charge < -0.3 is 5.73 Å². The molecule has 6 heteroatoms. The van der Waals surface area contributed by atoms with Crippen LogP contribution in [0.5, 0.6) is 0 Å². The highest BCUT2D eigenvalue weighted by Gasteiger charge is 2.16. The highest BCUT2D eigenvalue weighted by Crippen LogP contribution is 2.28. The largest absolute Gasteiger partial charge is 0.350 e. The minimum absolute atomic E-state index is 0.404. The number of hydrogen-bond donors (Lipinski definition) is 2. The summed E-state index contributed by atoms with van der Waals surface area (Å²) >= 11 is 12.1. The number of carbonyl (C=O) groups excluding carboxylic acids is 1. The molecule has 0 saturated carbocycles. The number of carbonyl (C=O) groups is 1. The molecule has 0 heterocycles. The van der Waals surface area contributed by atoms with Crippen LogP contribution in [0.2, 0.25) is 10.0 Å². The minimum Gasteiger partial charge on any atom is -0.350 e. The van der Waals surface area contributed by atoms with Crippen LogP contribution in [-0.2, 0) is 0 Å². The number of primary amides is 1. The molecule has 0 bridgehead atoms. The van der Waals surface area contributed by atoms with Gasteiger partial charge in [-0.3, -0.25) is 5.43 Å². The Kier molecular flexibility index (Phi) is 4.14. The number of nitrogens with zero attached hydrogens (tertiary/aromatic N) is 1. The minimum atomic E-state index is -0.687. The molecule has 2 amide bonds. The summed E-state index contributed by atoms with van der Waals surface area (Å²) < 4.78 is 0. The highest BCUT2D eigenvalue weighted by atomic mass is 35.5. The van der Waals surface area contributed by atoms with E-state index in [4.69, 9.17) is 28.9 Å². The maximum Gasteiger partial charge on any atom is 0.338 e. The fraction of sp³-hybridized carbons (Fsp3) is 0. The van der Waals surface area contributed by atoms with Crippen LogP contribution in [0.25, 0.3) is 0 Å². The third kappa shape index (κ3) is 3.10. The van der Waals surface area contributed by atoms with E-state index in [1.54, 1.807) is 48.5 Å². The number of benzene rings is 2. The fourth-order valence-electron chi connectivity index (χ4n) is 1.54. The van der Waals surface area contributed by atoms with Crippen LogP contribution < -0.4 is 16.2 Å². The second-order valence-electron chi connectivity index (χ2n) is 3.72. The van der Waals surface area contributed by atoms with Crippen molar-refractivity contribution < 1.29 is 4.79 Å². The van der Waals surface area contributed by atoms with Crippen LogP contribution in [-0.4, -0.2) is 6.03 Å². The van der Waals surface area contributed by atoms with Crippen LogP contribution in [0.4, 0.5) is 16.2 Å². The first-order valence-electron chi connectivity index (χ1n) is 5.45. The van der Waals surface area contributed by atoms with Gasteiger partial charge in [-0.1, -0.05) is 47.5 Å². The number of nitrogens with two attached hydrogens (primary N) is 1. The second-order valence-corrected chi connectivity index (χ2v) is 4.53. The lowest BCUT2D eigenvalue weighted by molar-refractivity contribution is 0.255. The summed E-state index contributed by atoms with van der Waals surface area (Å²) in [5, 5.41) is 2.02. The number of anilines is 2. The van der Waals surface area contributed by atoms with Crippen molar-refractivity contribution in [3.63, 3.8) is 0 Å². The monoisotopic (exact) mass is 295 g/mol. The number of urea groups is 1.